The summed E-state index contributed by atoms with van der Waals surface area (Å²) >= 11 is 0. The third-order valence-electron chi connectivity index (χ3n) is 2.13. The van der Waals surface area contributed by atoms with Gasteiger partial charge in [-0.2, -0.15) is 0 Å². The number of hydrogen-bond donors (Lipinski definition) is 1. The molecule has 86 valence electrons. The molecule has 0 heterocycles. The van der Waals surface area contributed by atoms with E-state index < -0.39 is 6.10 Å². The Bertz CT molecular complexity index is 381. The predicted octanol–water partition coefficient (Wildman–Crippen LogP) is 2.32. The Morgan fingerprint density at radius 2 is 2.19 bits per heavy atom. The zero-order valence-corrected chi connectivity index (χ0v) is 9.51. The second-order valence-corrected chi connectivity index (χ2v) is 3.39. The normalized spacial score (nSPS) is 12.7. The SMILES string of the molecule is CCOC(=O)/C=C/c1ccccc1C(C)O. The van der Waals surface area contributed by atoms with Crippen molar-refractivity contribution in [2.75, 3.05) is 6.61 Å². The van der Waals surface area contributed by atoms with Crippen LogP contribution in [0.5, 0.6) is 0 Å². The van der Waals surface area contributed by atoms with Crippen LogP contribution in [0.15, 0.2) is 30.3 Å². The molecule has 1 atom stereocenters. The first-order chi connectivity index (χ1) is 7.65. The molecular weight excluding hydrogens is 204 g/mol. The summed E-state index contributed by atoms with van der Waals surface area (Å²) < 4.78 is 4.78. The lowest BCUT2D eigenvalue weighted by Crippen LogP contribution is -1.99. The van der Waals surface area contributed by atoms with Gasteiger partial charge in [0.1, 0.15) is 0 Å². The maximum absolute atomic E-state index is 11.1. The molecule has 0 fully saturated rings. The number of esters is 1. The minimum atomic E-state index is -0.553. The predicted molar refractivity (Wildman–Crippen MR) is 62.7 cm³/mol. The largest absolute Gasteiger partial charge is 0.463 e. The maximum atomic E-state index is 11.1. The first-order valence-corrected chi connectivity index (χ1v) is 5.27. The third-order valence-corrected chi connectivity index (χ3v) is 2.13. The Labute approximate surface area is 95.4 Å². The molecule has 1 rings (SSSR count). The first kappa shape index (κ1) is 12.5. The van der Waals surface area contributed by atoms with Crippen molar-refractivity contribution in [1.29, 1.82) is 0 Å². The van der Waals surface area contributed by atoms with Gasteiger partial charge < -0.3 is 9.84 Å². The molecule has 1 aromatic rings. The second kappa shape index (κ2) is 6.08. The van der Waals surface area contributed by atoms with Gasteiger partial charge >= 0.3 is 5.97 Å². The fraction of sp³-hybridized carbons (Fsp3) is 0.308. The lowest BCUT2D eigenvalue weighted by molar-refractivity contribution is -0.137. The van der Waals surface area contributed by atoms with Crippen LogP contribution in [0.3, 0.4) is 0 Å². The highest BCUT2D eigenvalue weighted by Crippen LogP contribution is 2.18. The van der Waals surface area contributed by atoms with E-state index in [1.807, 2.05) is 24.3 Å². The number of hydrogen-bond acceptors (Lipinski definition) is 3. The number of rotatable bonds is 4. The van der Waals surface area contributed by atoms with E-state index in [4.69, 9.17) is 4.74 Å². The van der Waals surface area contributed by atoms with Gasteiger partial charge in [-0.05, 0) is 31.1 Å². The molecule has 0 saturated heterocycles. The molecule has 0 radical (unpaired) electrons. The van der Waals surface area contributed by atoms with Crippen molar-refractivity contribution in [2.24, 2.45) is 0 Å². The van der Waals surface area contributed by atoms with Crippen molar-refractivity contribution >= 4 is 12.0 Å². The highest BCUT2D eigenvalue weighted by molar-refractivity contribution is 5.87. The number of carbonyl (C=O) groups excluding carboxylic acids is 1. The molecule has 0 aliphatic rings. The molecule has 1 aromatic carbocycles. The molecular formula is C13H16O3. The van der Waals surface area contributed by atoms with Crippen molar-refractivity contribution in [3.8, 4) is 0 Å². The van der Waals surface area contributed by atoms with Crippen LogP contribution in [0.2, 0.25) is 0 Å². The monoisotopic (exact) mass is 220 g/mol. The lowest BCUT2D eigenvalue weighted by Gasteiger charge is -2.08. The molecule has 16 heavy (non-hydrogen) atoms. The summed E-state index contributed by atoms with van der Waals surface area (Å²) in [5, 5.41) is 9.52. The summed E-state index contributed by atoms with van der Waals surface area (Å²) in [6, 6.07) is 7.38. The smallest absolute Gasteiger partial charge is 0.330 e. The number of ether oxygens (including phenoxy) is 1. The lowest BCUT2D eigenvalue weighted by atomic mass is 10.0. The van der Waals surface area contributed by atoms with Crippen LogP contribution in [0.25, 0.3) is 6.08 Å². The molecule has 0 bridgehead atoms. The maximum Gasteiger partial charge on any atom is 0.330 e. The van der Waals surface area contributed by atoms with E-state index in [2.05, 4.69) is 0 Å². The van der Waals surface area contributed by atoms with E-state index in [9.17, 15) is 9.90 Å². The number of carbonyl (C=O) groups is 1. The summed E-state index contributed by atoms with van der Waals surface area (Å²) in [6.45, 7) is 3.81. The Hall–Kier alpha value is -1.61. The average Bonchev–Trinajstić information content (AvgIpc) is 2.27. The number of aliphatic hydroxyl groups excluding tert-OH is 1. The standard InChI is InChI=1S/C13H16O3/c1-3-16-13(15)9-8-11-6-4-5-7-12(11)10(2)14/h4-10,14H,3H2,1-2H3/b9-8+. The molecule has 3 heteroatoms. The summed E-state index contributed by atoms with van der Waals surface area (Å²) in [6.07, 6.45) is 2.47. The van der Waals surface area contributed by atoms with E-state index in [0.717, 1.165) is 11.1 Å². The molecule has 1 unspecified atom stereocenters. The van der Waals surface area contributed by atoms with Gasteiger partial charge in [0, 0.05) is 6.08 Å². The van der Waals surface area contributed by atoms with Gasteiger partial charge in [0.15, 0.2) is 0 Å². The average molecular weight is 220 g/mol. The molecule has 0 spiro atoms. The van der Waals surface area contributed by atoms with Crippen LogP contribution in [0.4, 0.5) is 0 Å². The van der Waals surface area contributed by atoms with E-state index in [0.29, 0.717) is 6.61 Å². The topological polar surface area (TPSA) is 46.5 Å². The number of benzene rings is 1. The van der Waals surface area contributed by atoms with Gasteiger partial charge in [-0.3, -0.25) is 0 Å². The highest BCUT2D eigenvalue weighted by Gasteiger charge is 2.04. The van der Waals surface area contributed by atoms with Crippen molar-refractivity contribution < 1.29 is 14.6 Å². The molecule has 0 aliphatic carbocycles. The Kier molecular flexibility index (Phi) is 4.73. The summed E-state index contributed by atoms with van der Waals surface area (Å²) in [5.74, 6) is -0.372. The van der Waals surface area contributed by atoms with Gasteiger partial charge in [-0.15, -0.1) is 0 Å². The second-order valence-electron chi connectivity index (χ2n) is 3.39. The minimum Gasteiger partial charge on any atom is -0.463 e. The Balaban J connectivity index is 2.84. The molecule has 0 aromatic heterocycles. The Morgan fingerprint density at radius 1 is 1.50 bits per heavy atom. The summed E-state index contributed by atoms with van der Waals surface area (Å²) in [5.41, 5.74) is 1.62. The van der Waals surface area contributed by atoms with Gasteiger partial charge in [-0.1, -0.05) is 24.3 Å². The fourth-order valence-corrected chi connectivity index (χ4v) is 1.39. The van der Waals surface area contributed by atoms with Crippen LogP contribution in [-0.4, -0.2) is 17.7 Å². The molecule has 0 aliphatic heterocycles. The van der Waals surface area contributed by atoms with Gasteiger partial charge in [0.2, 0.25) is 0 Å². The van der Waals surface area contributed by atoms with E-state index in [1.54, 1.807) is 19.9 Å². The summed E-state index contributed by atoms with van der Waals surface area (Å²) in [4.78, 5) is 11.1. The van der Waals surface area contributed by atoms with Gasteiger partial charge in [0.25, 0.3) is 0 Å². The van der Waals surface area contributed by atoms with Gasteiger partial charge in [-0.25, -0.2) is 4.79 Å². The molecule has 0 saturated carbocycles. The van der Waals surface area contributed by atoms with Crippen LogP contribution in [0, 0.1) is 0 Å². The molecule has 1 N–H and O–H groups in total. The van der Waals surface area contributed by atoms with Gasteiger partial charge in [0.05, 0.1) is 12.7 Å². The van der Waals surface area contributed by atoms with Crippen LogP contribution >= 0.6 is 0 Å². The van der Waals surface area contributed by atoms with Crippen molar-refractivity contribution in [3.05, 3.63) is 41.5 Å². The van der Waals surface area contributed by atoms with Crippen LogP contribution in [-0.2, 0) is 9.53 Å². The quantitative estimate of drug-likeness (QED) is 0.625. The fourth-order valence-electron chi connectivity index (χ4n) is 1.39. The number of aliphatic hydroxyl groups is 1. The van der Waals surface area contributed by atoms with Crippen molar-refractivity contribution in [1.82, 2.24) is 0 Å². The van der Waals surface area contributed by atoms with E-state index in [1.165, 1.54) is 6.08 Å². The third kappa shape index (κ3) is 3.51. The van der Waals surface area contributed by atoms with Crippen LogP contribution in [0.1, 0.15) is 31.1 Å². The van der Waals surface area contributed by atoms with Crippen LogP contribution < -0.4 is 0 Å². The zero-order valence-electron chi connectivity index (χ0n) is 9.51. The summed E-state index contributed by atoms with van der Waals surface area (Å²) in [7, 11) is 0. The Morgan fingerprint density at radius 3 is 2.81 bits per heavy atom. The zero-order chi connectivity index (χ0) is 12.0. The van der Waals surface area contributed by atoms with E-state index >= 15 is 0 Å². The van der Waals surface area contributed by atoms with E-state index in [-0.39, 0.29) is 5.97 Å². The van der Waals surface area contributed by atoms with Crippen molar-refractivity contribution in [2.45, 2.75) is 20.0 Å². The minimum absolute atomic E-state index is 0.362. The molecule has 0 amide bonds. The molecule has 3 nitrogen and oxygen atoms in total. The first-order valence-electron chi connectivity index (χ1n) is 5.27. The highest BCUT2D eigenvalue weighted by atomic mass is 16.5. The van der Waals surface area contributed by atoms with Crippen molar-refractivity contribution in [3.63, 3.8) is 0 Å².